The third-order valence-corrected chi connectivity index (χ3v) is 9.14. The maximum absolute atomic E-state index is 12.7. The zero-order valence-corrected chi connectivity index (χ0v) is 26.2. The minimum absolute atomic E-state index is 0.0161. The number of ether oxygens (including phenoxy) is 2. The van der Waals surface area contributed by atoms with Crippen LogP contribution in [0.15, 0.2) is 24.5 Å². The molecule has 0 bridgehead atoms. The molecule has 40 heavy (non-hydrogen) atoms. The van der Waals surface area contributed by atoms with Crippen LogP contribution in [-0.4, -0.2) is 81.8 Å². The number of amides is 2. The van der Waals surface area contributed by atoms with E-state index in [0.29, 0.717) is 24.5 Å². The number of hydrogen-bond acceptors (Lipinski definition) is 10. The summed E-state index contributed by atoms with van der Waals surface area (Å²) < 4.78 is 11.2. The SMILES string of the molecule is O=C(CCCCC(S)CCCS)OC(CCCO)NCCC(=O)N1CC(O/C=C/C=C/CC2CCCS2)CC1=O. The van der Waals surface area contributed by atoms with Crippen molar-refractivity contribution >= 4 is 54.8 Å². The molecule has 0 radical (unpaired) electrons. The summed E-state index contributed by atoms with van der Waals surface area (Å²) in [5, 5.41) is 13.3. The molecule has 4 unspecified atom stereocenters. The Morgan fingerprint density at radius 1 is 1.15 bits per heavy atom. The van der Waals surface area contributed by atoms with E-state index in [1.165, 1.54) is 23.5 Å². The van der Waals surface area contributed by atoms with Gasteiger partial charge in [0.15, 0.2) is 6.23 Å². The second-order valence-electron chi connectivity index (χ2n) is 10.3. The average molecular weight is 617 g/mol. The highest BCUT2D eigenvalue weighted by Crippen LogP contribution is 2.28. The molecule has 0 aliphatic carbocycles. The van der Waals surface area contributed by atoms with Crippen molar-refractivity contribution in [3.8, 4) is 0 Å². The smallest absolute Gasteiger partial charge is 0.307 e. The number of allylic oxidation sites excluding steroid dienone is 3. The normalized spacial score (nSPS) is 21.0. The van der Waals surface area contributed by atoms with Crippen LogP contribution in [0.25, 0.3) is 0 Å². The van der Waals surface area contributed by atoms with Crippen LogP contribution in [0, 0.1) is 0 Å². The molecule has 228 valence electrons. The average Bonchev–Trinajstić information content (AvgIpc) is 3.59. The molecule has 4 atom stereocenters. The lowest BCUT2D eigenvalue weighted by molar-refractivity contribution is -0.151. The molecule has 2 aliphatic heterocycles. The number of nitrogens with one attached hydrogen (secondary N) is 1. The Kier molecular flexibility index (Phi) is 18.9. The van der Waals surface area contributed by atoms with Crippen LogP contribution < -0.4 is 5.32 Å². The van der Waals surface area contributed by atoms with Gasteiger partial charge in [-0.15, -0.1) is 0 Å². The van der Waals surface area contributed by atoms with Gasteiger partial charge in [0.25, 0.3) is 0 Å². The van der Waals surface area contributed by atoms with Gasteiger partial charge in [0.1, 0.15) is 6.10 Å². The zero-order chi connectivity index (χ0) is 29.0. The van der Waals surface area contributed by atoms with Crippen molar-refractivity contribution in [1.82, 2.24) is 10.2 Å². The Labute approximate surface area is 255 Å². The van der Waals surface area contributed by atoms with Crippen LogP contribution in [0.1, 0.15) is 83.5 Å². The van der Waals surface area contributed by atoms with E-state index in [1.807, 2.05) is 23.9 Å². The molecule has 2 fully saturated rings. The topological polar surface area (TPSA) is 105 Å². The van der Waals surface area contributed by atoms with E-state index in [0.717, 1.165) is 49.5 Å². The first-order valence-corrected chi connectivity index (χ1v) is 16.9. The fraction of sp³-hybridized carbons (Fsp3) is 0.759. The number of nitrogens with zero attached hydrogens (tertiary/aromatic N) is 1. The highest BCUT2D eigenvalue weighted by Gasteiger charge is 2.34. The zero-order valence-electron chi connectivity index (χ0n) is 23.6. The van der Waals surface area contributed by atoms with Crippen LogP contribution in [0.3, 0.4) is 0 Å². The first kappa shape index (κ1) is 35.1. The first-order valence-electron chi connectivity index (χ1n) is 14.7. The fourth-order valence-corrected chi connectivity index (χ4v) is 6.44. The Hall–Kier alpha value is -1.14. The number of thioether (sulfide) groups is 1. The van der Waals surface area contributed by atoms with E-state index < -0.39 is 6.23 Å². The number of aliphatic hydroxyl groups is 1. The monoisotopic (exact) mass is 616 g/mol. The lowest BCUT2D eigenvalue weighted by Crippen LogP contribution is -2.39. The van der Waals surface area contributed by atoms with Crippen LogP contribution in [0.4, 0.5) is 0 Å². The number of unbranched alkanes of at least 4 members (excludes halogenated alkanes) is 1. The standard InChI is InChI=1S/C29H48N2O6S3/c32-17-6-13-26(37-29(35)14-4-3-9-24(39)10-7-19-38)30-16-15-27(33)31-22-23(21-28(31)34)36-18-5-1-2-11-25-12-8-20-40-25/h1-2,5,18,23-26,30,32,38-39H,3-4,6-17,19-22H2/b2-1+,18-5+. The number of carbonyl (C=O) groups is 3. The summed E-state index contributed by atoms with van der Waals surface area (Å²) in [5.41, 5.74) is 0. The van der Waals surface area contributed by atoms with Crippen LogP contribution in [0.2, 0.25) is 0 Å². The predicted molar refractivity (Wildman–Crippen MR) is 168 cm³/mol. The number of thiol groups is 2. The second-order valence-corrected chi connectivity index (χ2v) is 12.9. The second kappa shape index (κ2) is 21.5. The minimum Gasteiger partial charge on any atom is -0.496 e. The Morgan fingerprint density at radius 2 is 1.98 bits per heavy atom. The van der Waals surface area contributed by atoms with E-state index in [2.05, 4.69) is 36.7 Å². The molecular formula is C29H48N2O6S3. The van der Waals surface area contributed by atoms with E-state index in [4.69, 9.17) is 9.47 Å². The lowest BCUT2D eigenvalue weighted by Gasteiger charge is -2.20. The van der Waals surface area contributed by atoms with Crippen molar-refractivity contribution in [2.24, 2.45) is 0 Å². The van der Waals surface area contributed by atoms with Crippen molar-refractivity contribution in [3.63, 3.8) is 0 Å². The summed E-state index contributed by atoms with van der Waals surface area (Å²) in [4.78, 5) is 38.6. The number of esters is 1. The molecule has 2 aliphatic rings. The van der Waals surface area contributed by atoms with Crippen molar-refractivity contribution in [2.45, 2.75) is 106 Å². The number of hydrogen-bond donors (Lipinski definition) is 4. The highest BCUT2D eigenvalue weighted by molar-refractivity contribution is 8.00. The summed E-state index contributed by atoms with van der Waals surface area (Å²) in [6.45, 7) is 0.473. The molecule has 8 nitrogen and oxygen atoms in total. The van der Waals surface area contributed by atoms with Gasteiger partial charge in [0, 0.05) is 42.9 Å². The predicted octanol–water partition coefficient (Wildman–Crippen LogP) is 4.68. The molecule has 0 spiro atoms. The van der Waals surface area contributed by atoms with Crippen LogP contribution in [0.5, 0.6) is 0 Å². The molecule has 0 aromatic carbocycles. The summed E-state index contributed by atoms with van der Waals surface area (Å²) in [7, 11) is 0. The van der Waals surface area contributed by atoms with E-state index in [9.17, 15) is 19.5 Å². The van der Waals surface area contributed by atoms with Gasteiger partial charge in [-0.25, -0.2) is 0 Å². The van der Waals surface area contributed by atoms with Gasteiger partial charge >= 0.3 is 5.97 Å². The van der Waals surface area contributed by atoms with Gasteiger partial charge in [-0.1, -0.05) is 18.6 Å². The fourth-order valence-electron chi connectivity index (χ4n) is 4.64. The molecule has 2 saturated heterocycles. The Bertz CT molecular complexity index is 807. The molecule has 2 rings (SSSR count). The quantitative estimate of drug-likeness (QED) is 0.0368. The van der Waals surface area contributed by atoms with Gasteiger partial charge in [-0.3, -0.25) is 24.6 Å². The van der Waals surface area contributed by atoms with Gasteiger partial charge in [0.05, 0.1) is 19.2 Å². The molecule has 0 aromatic rings. The molecule has 2 heterocycles. The van der Waals surface area contributed by atoms with Crippen LogP contribution in [-0.2, 0) is 23.9 Å². The third-order valence-electron chi connectivity index (χ3n) is 6.88. The maximum Gasteiger partial charge on any atom is 0.307 e. The number of carbonyl (C=O) groups excluding carboxylic acids is 3. The molecule has 2 amide bonds. The first-order chi connectivity index (χ1) is 19.4. The molecule has 0 aromatic heterocycles. The Balaban J connectivity index is 1.64. The lowest BCUT2D eigenvalue weighted by atomic mass is 10.1. The van der Waals surface area contributed by atoms with Gasteiger partial charge in [-0.05, 0) is 68.9 Å². The van der Waals surface area contributed by atoms with E-state index in [-0.39, 0.29) is 56.4 Å². The van der Waals surface area contributed by atoms with Gasteiger partial charge < -0.3 is 14.6 Å². The van der Waals surface area contributed by atoms with E-state index in [1.54, 1.807) is 6.26 Å². The number of aliphatic hydroxyl groups excluding tert-OH is 1. The molecule has 11 heteroatoms. The van der Waals surface area contributed by atoms with Crippen molar-refractivity contribution in [1.29, 1.82) is 0 Å². The summed E-state index contributed by atoms with van der Waals surface area (Å²) in [6, 6.07) is 0. The summed E-state index contributed by atoms with van der Waals surface area (Å²) >= 11 is 10.8. The highest BCUT2D eigenvalue weighted by atomic mass is 32.2. The molecule has 0 saturated carbocycles. The summed E-state index contributed by atoms with van der Waals surface area (Å²) in [6.07, 6.45) is 16.4. The Morgan fingerprint density at radius 3 is 2.73 bits per heavy atom. The van der Waals surface area contributed by atoms with E-state index >= 15 is 0 Å². The largest absolute Gasteiger partial charge is 0.496 e. The molecule has 2 N–H and O–H groups in total. The number of likely N-dealkylation sites (tertiary alicyclic amines) is 1. The molecular weight excluding hydrogens is 569 g/mol. The summed E-state index contributed by atoms with van der Waals surface area (Å²) in [5.74, 6) is 1.28. The maximum atomic E-state index is 12.7. The van der Waals surface area contributed by atoms with Gasteiger partial charge in [-0.2, -0.15) is 37.0 Å². The van der Waals surface area contributed by atoms with Crippen LogP contribution >= 0.6 is 37.0 Å². The minimum atomic E-state index is -0.587. The van der Waals surface area contributed by atoms with Crippen molar-refractivity contribution in [2.75, 3.05) is 31.2 Å². The number of imide groups is 1. The van der Waals surface area contributed by atoms with Gasteiger partial charge in [0.2, 0.25) is 11.8 Å². The third kappa shape index (κ3) is 15.2. The number of rotatable bonds is 21. The van der Waals surface area contributed by atoms with Crippen molar-refractivity contribution in [3.05, 3.63) is 24.5 Å². The van der Waals surface area contributed by atoms with Crippen molar-refractivity contribution < 1.29 is 29.0 Å².